The fraction of sp³-hybridized carbons (Fsp3) is 0.515. The first-order valence-corrected chi connectivity index (χ1v) is 48.5. The maximum Gasteiger partial charge on any atom is 1.00 e. The van der Waals surface area contributed by atoms with Gasteiger partial charge in [-0.3, -0.25) is 33.7 Å². The number of nitriles is 1. The third-order valence-electron chi connectivity index (χ3n) is 19.3. The van der Waals surface area contributed by atoms with Crippen LogP contribution in [0.2, 0.25) is 30.1 Å². The van der Waals surface area contributed by atoms with Crippen LogP contribution < -0.4 is 91.8 Å². The third-order valence-corrected chi connectivity index (χ3v) is 21.6. The number of aliphatic hydroxyl groups excluding tert-OH is 2. The number of carbonyl (C=O) groups excluding carboxylic acids is 8. The van der Waals surface area contributed by atoms with E-state index in [2.05, 4.69) is 110 Å². The minimum absolute atomic E-state index is 0. The van der Waals surface area contributed by atoms with Gasteiger partial charge in [0, 0.05) is 134 Å². The van der Waals surface area contributed by atoms with Gasteiger partial charge in [0.25, 0.3) is 0 Å². The first-order chi connectivity index (χ1) is 65.7. The van der Waals surface area contributed by atoms with Crippen LogP contribution in [-0.4, -0.2) is 282 Å². The number of aliphatic imine (C=N–C) groups is 1. The maximum atomic E-state index is 11.5. The molecule has 6 unspecified atom stereocenters. The van der Waals surface area contributed by atoms with E-state index < -0.39 is 40.8 Å². The molecule has 6 fully saturated rings. The van der Waals surface area contributed by atoms with Gasteiger partial charge < -0.3 is 95.7 Å². The summed E-state index contributed by atoms with van der Waals surface area (Å²) in [5.74, 6) is -3.03. The zero-order valence-corrected chi connectivity index (χ0v) is 94.1. The molecule has 0 aromatic heterocycles. The van der Waals surface area contributed by atoms with Crippen LogP contribution in [0.3, 0.4) is 0 Å². The van der Waals surface area contributed by atoms with Gasteiger partial charge in [0.1, 0.15) is 29.9 Å². The Bertz CT molecular complexity index is 4330. The Morgan fingerprint density at radius 2 is 0.993 bits per heavy atom. The van der Waals surface area contributed by atoms with Crippen molar-refractivity contribution in [3.05, 3.63) is 209 Å². The van der Waals surface area contributed by atoms with E-state index in [1.807, 2.05) is 106 Å². The Labute approximate surface area is 930 Å². The summed E-state index contributed by atoms with van der Waals surface area (Å²) in [6.45, 7) is 33.3. The number of rotatable bonds is 22. The van der Waals surface area contributed by atoms with E-state index in [-0.39, 0.29) is 146 Å². The summed E-state index contributed by atoms with van der Waals surface area (Å²) in [7, 11) is 4.32. The number of carboxylic acids is 1. The van der Waals surface area contributed by atoms with Gasteiger partial charge in [-0.25, -0.2) is 24.2 Å². The molecule has 6 heterocycles. The fourth-order valence-corrected chi connectivity index (χ4v) is 13.3. The molecule has 44 heteroatoms. The number of morpholine rings is 3. The SMILES string of the molecule is C1CCOC1.C=NC#N.CC(=O)OOC(C)=O.CC(C)(C)OC(=O)N1CCC(=O)CC1.CCN(CC)CC.Cl.Clc1ccc(CC2COCCN2)cc1.Clc1ccc(CC2COCCN2C2CCNCC2)cc1.NC(CO)Cc1ccc(Cl)cc1.NC(Cc1ccc(Cl)cc1)C(=O)O.O=C(CCl)NC(CO)Cc1ccc(Cl)cc1.O=C(Cl)CCl.O=C1COCC(Cc2ccc(Cl)cc2)N1.[B-]OC(C)=O.[H-].[Na+].[Na+]. The van der Waals surface area contributed by atoms with E-state index in [0.29, 0.717) is 73.9 Å². The molecule has 6 aromatic carbocycles. The number of nitrogens with two attached hydrogens (primary N) is 2. The van der Waals surface area contributed by atoms with Gasteiger partial charge in [-0.05, 0) is 235 Å². The number of amides is 3. The van der Waals surface area contributed by atoms with E-state index in [9.17, 15) is 43.2 Å². The summed E-state index contributed by atoms with van der Waals surface area (Å²) >= 11 is 49.6. The molecule has 0 spiro atoms. The van der Waals surface area contributed by atoms with E-state index in [1.165, 1.54) is 69.6 Å². The normalized spacial score (nSPS) is 16.0. The zero-order valence-electron chi connectivity index (χ0n) is 83.5. The monoisotopic (exact) mass is 2180 g/mol. The van der Waals surface area contributed by atoms with Crippen LogP contribution in [0.15, 0.2) is 151 Å². The minimum Gasteiger partial charge on any atom is -1.00 e. The second-order valence-electron chi connectivity index (χ2n) is 31.9. The molecule has 11 N–H and O–H groups in total. The number of halogens is 10. The Balaban J connectivity index is -0.000000487. The molecule has 31 nitrogen and oxygen atoms in total. The van der Waals surface area contributed by atoms with Crippen LogP contribution in [0.4, 0.5) is 4.79 Å². The van der Waals surface area contributed by atoms with Gasteiger partial charge in [-0.15, -0.1) is 35.6 Å². The van der Waals surface area contributed by atoms with Crippen molar-refractivity contribution in [3.63, 3.8) is 0 Å². The van der Waals surface area contributed by atoms with Crippen molar-refractivity contribution in [1.82, 2.24) is 36.0 Å². The second-order valence-corrected chi connectivity index (χ2v) is 35.4. The number of hydrogen-bond donors (Lipinski definition) is 9. The van der Waals surface area contributed by atoms with Gasteiger partial charge in [-0.2, -0.15) is 10.3 Å². The van der Waals surface area contributed by atoms with Crippen molar-refractivity contribution in [3.8, 4) is 6.19 Å². The molecular formula is C97H139BCl10N11Na2O20. The van der Waals surface area contributed by atoms with Crippen LogP contribution >= 0.6 is 117 Å². The zero-order chi connectivity index (χ0) is 104. The van der Waals surface area contributed by atoms with Crippen LogP contribution in [0, 0.1) is 11.5 Å². The Morgan fingerprint density at radius 3 is 1.33 bits per heavy atom. The molecule has 141 heavy (non-hydrogen) atoms. The number of carboxylic acid groups (broad SMARTS) is 1. The fourth-order valence-electron chi connectivity index (χ4n) is 12.5. The number of nitrogens with one attached hydrogen (secondary N) is 4. The topological polar surface area (TPSA) is 434 Å². The molecule has 3 amide bonds. The Hall–Kier alpha value is -5.61. The van der Waals surface area contributed by atoms with Crippen LogP contribution in [0.25, 0.3) is 0 Å². The van der Waals surface area contributed by atoms with Crippen LogP contribution in [0.5, 0.6) is 0 Å². The molecule has 0 bridgehead atoms. The summed E-state index contributed by atoms with van der Waals surface area (Å²) in [5.41, 5.74) is 17.2. The third kappa shape index (κ3) is 78.4. The smallest absolute Gasteiger partial charge is 1.00 e. The average Bonchev–Trinajstić information content (AvgIpc) is 0.916. The number of alkyl halides is 2. The standard InChI is InChI=1S/C16H23ClN2O.C11H13Cl2NO2.C11H12ClNO2.C11H14ClNO.C10H17NO3.C9H10ClNO2.C9H12ClNO.C6H15N.C4H6O4.C4H8O.C2H3BO2.C2H2Cl2O.C2H2N2.ClH.2Na.H/c17-14-3-1-13(2-4-14)11-16-12-20-10-9-19(16)15-5-7-18-8-6-15;12-6-11(16)14-10(7-15)5-8-1-3-9(13)4-2-8;12-9-3-1-8(2-4-9)5-10-6-15-7-11(14)13-10;12-10-3-1-9(2-4-10)7-11-8-14-6-5-13-11;1-10(2,3)14-9(13)11-6-4-8(12)5-7-11;10-7-3-1-6(2-4-7)5-8(11)9(12)13;10-8-3-1-7(2-4-8)5-9(11)6-12;1-4-7(5-2)6-3;1-3(5)7-8-4(2)6;1-2-4-5-3-1;1-2(4)5-3;3-1-2(4)5;1-4-2-3;;;;/h1-4,15-16,18H,5-12H2;1-4,10,15H,5-7H2,(H,14,16);1-4,10H,5-7H2,(H,13,14);1-4,11,13H,5-8H2;4-7H2,1-3H3;1-4,8H,5,11H2,(H,12,13);1-4,9,12H,5-6,11H2;4-6H2,1-3H3;1-2H3;1-4H2;1H3;1H2;1H2;1H;;;/q;;;;;;;;;;-1;;;;2*+1;-1. The van der Waals surface area contributed by atoms with Crippen molar-refractivity contribution in [1.29, 1.82) is 5.26 Å². The molecule has 0 saturated carbocycles. The average molecular weight is 2190 g/mol. The van der Waals surface area contributed by atoms with Crippen molar-refractivity contribution < 1.29 is 157 Å². The summed E-state index contributed by atoms with van der Waals surface area (Å²) in [6, 6.07) is 46.0. The number of nitrogens with zero attached hydrogens (tertiary/aromatic N) is 5. The molecule has 6 aromatic rings. The van der Waals surface area contributed by atoms with E-state index in [4.69, 9.17) is 160 Å². The number of likely N-dealkylation sites (tertiary alicyclic amines) is 1. The molecule has 6 saturated heterocycles. The van der Waals surface area contributed by atoms with E-state index in [1.54, 1.807) is 41.3 Å². The number of Topliss-reactive ketones (excluding diaryl/α,β-unsaturated/α-hetero) is 1. The predicted octanol–water partition coefficient (Wildman–Crippen LogP) is 8.79. The first kappa shape index (κ1) is 142. The molecule has 6 aliphatic rings. The van der Waals surface area contributed by atoms with Crippen molar-refractivity contribution >= 4 is 184 Å². The predicted molar refractivity (Wildman–Crippen MR) is 556 cm³/mol. The molecule has 3 radical (unpaired) electrons. The molecule has 0 aliphatic carbocycles. The Kier molecular flexibility index (Phi) is 88.9. The largest absolute Gasteiger partial charge is 1.00 e. The number of ketones is 1. The summed E-state index contributed by atoms with van der Waals surface area (Å²) in [5, 5.41) is 50.0. The van der Waals surface area contributed by atoms with Gasteiger partial charge in [0.05, 0.1) is 64.2 Å². The number of hydrogen-bond acceptors (Lipinski definition) is 27. The number of carbonyl (C=O) groups is 9. The molecule has 6 atom stereocenters. The quantitative estimate of drug-likeness (QED) is 0.00583. The first-order valence-electron chi connectivity index (χ1n) is 44.8. The van der Waals surface area contributed by atoms with Crippen molar-refractivity contribution in [2.75, 3.05) is 137 Å². The molecular weight excluding hydrogens is 2050 g/mol. The Morgan fingerprint density at radius 1 is 0.596 bits per heavy atom. The number of aliphatic hydroxyl groups is 2. The summed E-state index contributed by atoms with van der Waals surface area (Å²) < 4.78 is 30.0. The van der Waals surface area contributed by atoms with Gasteiger partial charge in [0.2, 0.25) is 29.2 Å². The second kappa shape index (κ2) is 88.5. The maximum absolute atomic E-state index is 11.5. The van der Waals surface area contributed by atoms with E-state index >= 15 is 0 Å². The van der Waals surface area contributed by atoms with Gasteiger partial charge in [-0.1, -0.05) is 163 Å². The van der Waals surface area contributed by atoms with Gasteiger partial charge >= 0.3 is 83.1 Å². The number of piperidine rings is 2. The van der Waals surface area contributed by atoms with Crippen molar-refractivity contribution in [2.45, 2.75) is 187 Å². The summed E-state index contributed by atoms with van der Waals surface area (Å²) in [6.07, 6.45) is 11.5. The molecule has 12 rings (SSSR count). The summed E-state index contributed by atoms with van der Waals surface area (Å²) in [4.78, 5) is 111. The molecule has 777 valence electrons. The minimum atomic E-state index is -0.991. The van der Waals surface area contributed by atoms with Crippen LogP contribution in [0.1, 0.15) is 136 Å². The number of benzene rings is 6. The number of aliphatic carboxylic acids is 1. The van der Waals surface area contributed by atoms with E-state index in [0.717, 1.165) is 147 Å². The number of ether oxygens (including phenoxy) is 5. The van der Waals surface area contributed by atoms with Gasteiger partial charge in [0.15, 0.2) is 0 Å². The van der Waals surface area contributed by atoms with Crippen molar-refractivity contribution in [2.24, 2.45) is 16.5 Å². The molecule has 6 aliphatic heterocycles. The van der Waals surface area contributed by atoms with Crippen LogP contribution in [-0.2, 0) is 115 Å².